The molecule has 0 aromatic rings. The largest absolute Gasteiger partial charge is 0.481 e. The maximum Gasteiger partial charge on any atom is 0.303 e. The summed E-state index contributed by atoms with van der Waals surface area (Å²) in [5.74, 6) is -0.155. The van der Waals surface area contributed by atoms with Gasteiger partial charge in [-0.1, -0.05) is 13.8 Å². The first-order valence-electron chi connectivity index (χ1n) is 7.10. The first kappa shape index (κ1) is 16.0. The Bertz CT molecular complexity index is 304. The lowest BCUT2D eigenvalue weighted by molar-refractivity contribution is -0.137. The van der Waals surface area contributed by atoms with Gasteiger partial charge < -0.3 is 14.7 Å². The van der Waals surface area contributed by atoms with Crippen molar-refractivity contribution >= 4 is 11.9 Å². The molecular weight excluding hydrogens is 246 g/mol. The molecular formula is C14H25NO4. The summed E-state index contributed by atoms with van der Waals surface area (Å²) in [5, 5.41) is 8.52. The zero-order valence-corrected chi connectivity index (χ0v) is 11.9. The number of carboxylic acid groups (broad SMARTS) is 1. The zero-order chi connectivity index (χ0) is 14.3. The molecule has 110 valence electrons. The van der Waals surface area contributed by atoms with E-state index in [1.807, 2.05) is 4.90 Å². The Hall–Kier alpha value is -1.10. The van der Waals surface area contributed by atoms with Gasteiger partial charge >= 0.3 is 5.97 Å². The van der Waals surface area contributed by atoms with E-state index in [4.69, 9.17) is 9.84 Å². The first-order chi connectivity index (χ1) is 8.99. The Balaban J connectivity index is 2.15. The van der Waals surface area contributed by atoms with Gasteiger partial charge in [-0.2, -0.15) is 0 Å². The molecule has 5 heteroatoms. The van der Waals surface area contributed by atoms with Crippen molar-refractivity contribution in [2.24, 2.45) is 5.92 Å². The maximum atomic E-state index is 11.9. The second kappa shape index (κ2) is 8.15. The average molecular weight is 271 g/mol. The van der Waals surface area contributed by atoms with E-state index in [-0.39, 0.29) is 18.4 Å². The van der Waals surface area contributed by atoms with Crippen LogP contribution in [0.25, 0.3) is 0 Å². The van der Waals surface area contributed by atoms with Crippen LogP contribution in [0.15, 0.2) is 0 Å². The van der Waals surface area contributed by atoms with Crippen molar-refractivity contribution in [3.8, 4) is 0 Å². The molecule has 0 radical (unpaired) electrons. The lowest BCUT2D eigenvalue weighted by Crippen LogP contribution is -2.30. The second-order valence-electron chi connectivity index (χ2n) is 5.58. The molecule has 1 fully saturated rings. The van der Waals surface area contributed by atoms with Crippen LogP contribution in [0.2, 0.25) is 0 Å². The minimum absolute atomic E-state index is 0.126. The molecule has 0 bridgehead atoms. The number of nitrogens with zero attached hydrogens (tertiary/aromatic N) is 1. The topological polar surface area (TPSA) is 66.8 Å². The number of carbonyl (C=O) groups excluding carboxylic acids is 1. The van der Waals surface area contributed by atoms with Crippen molar-refractivity contribution in [2.75, 3.05) is 19.7 Å². The summed E-state index contributed by atoms with van der Waals surface area (Å²) in [6, 6.07) is 0. The quantitative estimate of drug-likeness (QED) is 0.685. The Morgan fingerprint density at radius 1 is 1.32 bits per heavy atom. The number of unbranched alkanes of at least 4 members (excludes halogenated alkanes) is 1. The highest BCUT2D eigenvalue weighted by Gasteiger charge is 2.26. The number of hydrogen-bond donors (Lipinski definition) is 1. The number of ether oxygens (including phenoxy) is 1. The fourth-order valence-electron chi connectivity index (χ4n) is 2.13. The van der Waals surface area contributed by atoms with Gasteiger partial charge in [0, 0.05) is 32.5 Å². The van der Waals surface area contributed by atoms with Crippen LogP contribution in [0.1, 0.15) is 46.0 Å². The first-order valence-corrected chi connectivity index (χ1v) is 7.10. The average Bonchev–Trinajstić information content (AvgIpc) is 2.80. The molecule has 1 saturated heterocycles. The predicted molar refractivity (Wildman–Crippen MR) is 71.9 cm³/mol. The van der Waals surface area contributed by atoms with Crippen LogP contribution < -0.4 is 0 Å². The predicted octanol–water partition coefficient (Wildman–Crippen LogP) is 1.90. The van der Waals surface area contributed by atoms with Crippen molar-refractivity contribution in [1.82, 2.24) is 4.90 Å². The summed E-state index contributed by atoms with van der Waals surface area (Å²) in [7, 11) is 0. The van der Waals surface area contributed by atoms with Crippen LogP contribution >= 0.6 is 0 Å². The Morgan fingerprint density at radius 3 is 2.63 bits per heavy atom. The molecule has 1 N–H and O–H groups in total. The summed E-state index contributed by atoms with van der Waals surface area (Å²) < 4.78 is 5.73. The molecule has 1 aliphatic rings. The van der Waals surface area contributed by atoms with Gasteiger partial charge in [0.15, 0.2) is 0 Å². The molecule has 0 saturated carbocycles. The maximum absolute atomic E-state index is 11.9. The van der Waals surface area contributed by atoms with Crippen LogP contribution in [0.5, 0.6) is 0 Å². The number of aliphatic carboxylic acids is 1. The molecule has 0 aliphatic carbocycles. The molecule has 0 aromatic carbocycles. The van der Waals surface area contributed by atoms with E-state index in [0.717, 1.165) is 19.6 Å². The third-order valence-corrected chi connectivity index (χ3v) is 3.19. The van der Waals surface area contributed by atoms with E-state index in [1.54, 1.807) is 0 Å². The Labute approximate surface area is 114 Å². The van der Waals surface area contributed by atoms with Gasteiger partial charge in [-0.25, -0.2) is 0 Å². The van der Waals surface area contributed by atoms with Crippen molar-refractivity contribution in [3.63, 3.8) is 0 Å². The zero-order valence-electron chi connectivity index (χ0n) is 11.9. The highest BCUT2D eigenvalue weighted by atomic mass is 16.5. The van der Waals surface area contributed by atoms with Crippen molar-refractivity contribution in [3.05, 3.63) is 0 Å². The molecule has 5 nitrogen and oxygen atoms in total. The van der Waals surface area contributed by atoms with Crippen LogP contribution in [-0.2, 0) is 14.3 Å². The highest BCUT2D eigenvalue weighted by Crippen LogP contribution is 2.15. The van der Waals surface area contributed by atoms with Gasteiger partial charge in [-0.3, -0.25) is 9.59 Å². The lowest BCUT2D eigenvalue weighted by Gasteiger charge is -2.17. The molecule has 0 aromatic heterocycles. The molecule has 1 amide bonds. The third kappa shape index (κ3) is 6.57. The van der Waals surface area contributed by atoms with Crippen LogP contribution in [0.4, 0.5) is 0 Å². The summed E-state index contributed by atoms with van der Waals surface area (Å²) >= 11 is 0. The van der Waals surface area contributed by atoms with Crippen LogP contribution in [0, 0.1) is 5.92 Å². The van der Waals surface area contributed by atoms with E-state index in [2.05, 4.69) is 13.8 Å². The van der Waals surface area contributed by atoms with Gasteiger partial charge in [-0.15, -0.1) is 0 Å². The Kier molecular flexibility index (Phi) is 6.84. The van der Waals surface area contributed by atoms with E-state index in [0.29, 0.717) is 31.7 Å². The highest BCUT2D eigenvalue weighted by molar-refractivity contribution is 5.76. The van der Waals surface area contributed by atoms with Gasteiger partial charge in [0.2, 0.25) is 5.91 Å². The monoisotopic (exact) mass is 271 g/mol. The third-order valence-electron chi connectivity index (χ3n) is 3.19. The van der Waals surface area contributed by atoms with Crippen molar-refractivity contribution in [2.45, 2.75) is 52.1 Å². The van der Waals surface area contributed by atoms with Gasteiger partial charge in [0.05, 0.1) is 6.10 Å². The van der Waals surface area contributed by atoms with Gasteiger partial charge in [0.25, 0.3) is 0 Å². The van der Waals surface area contributed by atoms with Crippen molar-refractivity contribution < 1.29 is 19.4 Å². The van der Waals surface area contributed by atoms with Gasteiger partial charge in [0.1, 0.15) is 0 Å². The number of carbonyl (C=O) groups is 2. The molecule has 1 rings (SSSR count). The molecule has 1 atom stereocenters. The summed E-state index contributed by atoms with van der Waals surface area (Å²) in [6.45, 7) is 6.41. The number of amides is 1. The molecule has 19 heavy (non-hydrogen) atoms. The second-order valence-corrected chi connectivity index (χ2v) is 5.58. The minimum atomic E-state index is -0.796. The molecule has 1 heterocycles. The normalized spacial score (nSPS) is 19.1. The lowest BCUT2D eigenvalue weighted by atomic mass is 10.2. The fraction of sp³-hybridized carbons (Fsp3) is 0.857. The number of hydrogen-bond acceptors (Lipinski definition) is 3. The summed E-state index contributed by atoms with van der Waals surface area (Å²) in [4.78, 5) is 24.1. The number of carboxylic acids is 1. The molecule has 1 unspecified atom stereocenters. The van der Waals surface area contributed by atoms with Gasteiger partial charge in [-0.05, 0) is 25.2 Å². The molecule has 0 spiro atoms. The summed E-state index contributed by atoms with van der Waals surface area (Å²) in [5.41, 5.74) is 0. The fourth-order valence-corrected chi connectivity index (χ4v) is 2.13. The smallest absolute Gasteiger partial charge is 0.303 e. The number of likely N-dealkylation sites (tertiary alicyclic amines) is 1. The van der Waals surface area contributed by atoms with Crippen LogP contribution in [0.3, 0.4) is 0 Å². The van der Waals surface area contributed by atoms with E-state index in [1.165, 1.54) is 0 Å². The molecule has 1 aliphatic heterocycles. The van der Waals surface area contributed by atoms with E-state index < -0.39 is 5.97 Å². The van der Waals surface area contributed by atoms with E-state index >= 15 is 0 Å². The van der Waals surface area contributed by atoms with E-state index in [9.17, 15) is 9.59 Å². The number of rotatable bonds is 8. The van der Waals surface area contributed by atoms with Crippen LogP contribution in [-0.4, -0.2) is 47.7 Å². The Morgan fingerprint density at radius 2 is 2.00 bits per heavy atom. The standard InChI is InChI=1S/C14H25NO4/c1-11(2)10-19-12-7-8-15(9-12)13(16)5-3-4-6-14(17)18/h11-12H,3-10H2,1-2H3,(H,17,18). The minimum Gasteiger partial charge on any atom is -0.481 e. The summed E-state index contributed by atoms with van der Waals surface area (Å²) in [6.07, 6.45) is 2.90. The SMILES string of the molecule is CC(C)COC1CCN(C(=O)CCCCC(=O)O)C1. The van der Waals surface area contributed by atoms with Crippen molar-refractivity contribution in [1.29, 1.82) is 0 Å².